The Morgan fingerprint density at radius 1 is 1.26 bits per heavy atom. The number of rotatable bonds is 1. The Morgan fingerprint density at radius 2 is 1.79 bits per heavy atom. The summed E-state index contributed by atoms with van der Waals surface area (Å²) in [6.07, 6.45) is 1.15. The Morgan fingerprint density at radius 3 is 2.26 bits per heavy atom. The highest BCUT2D eigenvalue weighted by molar-refractivity contribution is 5.94. The Labute approximate surface area is 110 Å². The van der Waals surface area contributed by atoms with Crippen molar-refractivity contribution in [2.45, 2.75) is 19.8 Å². The van der Waals surface area contributed by atoms with E-state index in [1.807, 2.05) is 6.92 Å². The number of hydrogen-bond donors (Lipinski definition) is 0. The minimum Gasteiger partial charge on any atom is -0.339 e. The van der Waals surface area contributed by atoms with Crippen LogP contribution in [0.1, 0.15) is 30.1 Å². The summed E-state index contributed by atoms with van der Waals surface area (Å²) in [5.41, 5.74) is -0.401. The molecule has 19 heavy (non-hydrogen) atoms. The summed E-state index contributed by atoms with van der Waals surface area (Å²) in [6.45, 7) is 2.72. The summed E-state index contributed by atoms with van der Waals surface area (Å²) in [4.78, 5) is 13.6. The zero-order valence-corrected chi connectivity index (χ0v) is 10.6. The van der Waals surface area contributed by atoms with Crippen LogP contribution in [0.5, 0.6) is 0 Å². The molecule has 100 valence electrons. The maximum absolute atomic E-state index is 13.1. The van der Waals surface area contributed by atoms with E-state index in [0.29, 0.717) is 25.9 Å². The molecule has 2 rings (SSSR count). The number of nitriles is 1. The fourth-order valence-electron chi connectivity index (χ4n) is 2.18. The van der Waals surface area contributed by atoms with Crippen LogP contribution in [0.25, 0.3) is 0 Å². The molecule has 1 aliphatic rings. The third-order valence-electron chi connectivity index (χ3n) is 3.53. The Bertz CT molecular complexity index is 523. The van der Waals surface area contributed by atoms with E-state index in [-0.39, 0.29) is 5.56 Å². The fraction of sp³-hybridized carbons (Fsp3) is 0.429. The molecule has 0 saturated carbocycles. The lowest BCUT2D eigenvalue weighted by Crippen LogP contribution is -2.41. The molecule has 0 N–H and O–H groups in total. The third-order valence-corrected chi connectivity index (χ3v) is 3.53. The third kappa shape index (κ3) is 2.90. The lowest BCUT2D eigenvalue weighted by molar-refractivity contribution is 0.0660. The number of nitrogens with zero attached hydrogens (tertiary/aromatic N) is 2. The van der Waals surface area contributed by atoms with Crippen LogP contribution >= 0.6 is 0 Å². The summed E-state index contributed by atoms with van der Waals surface area (Å²) < 4.78 is 26.2. The van der Waals surface area contributed by atoms with Gasteiger partial charge in [-0.25, -0.2) is 8.78 Å². The average Bonchev–Trinajstić information content (AvgIpc) is 2.38. The molecule has 0 bridgehead atoms. The summed E-state index contributed by atoms with van der Waals surface area (Å²) in [7, 11) is 0. The smallest absolute Gasteiger partial charge is 0.254 e. The number of carbonyl (C=O) groups is 1. The summed E-state index contributed by atoms with van der Waals surface area (Å²) in [5, 5.41) is 9.01. The van der Waals surface area contributed by atoms with E-state index in [1.165, 1.54) is 4.90 Å². The molecule has 1 saturated heterocycles. The molecule has 5 heteroatoms. The first-order valence-electron chi connectivity index (χ1n) is 6.10. The zero-order chi connectivity index (χ0) is 14.0. The molecule has 1 heterocycles. The maximum atomic E-state index is 13.1. The van der Waals surface area contributed by atoms with Gasteiger partial charge in [-0.05, 0) is 31.9 Å². The molecule has 1 aliphatic heterocycles. The normalized spacial score (nSPS) is 17.9. The first kappa shape index (κ1) is 13.5. The standard InChI is InChI=1S/C14H14F2N2O/c1-14(9-17)2-4-18(5-3-14)13(19)10-6-11(15)8-12(16)7-10/h6-8H,2-5H2,1H3. The molecule has 0 unspecified atom stereocenters. The number of halogens is 2. The van der Waals surface area contributed by atoms with Crippen LogP contribution < -0.4 is 0 Å². The van der Waals surface area contributed by atoms with Gasteiger partial charge in [0.15, 0.2) is 0 Å². The predicted molar refractivity (Wildman–Crippen MR) is 65.2 cm³/mol. The van der Waals surface area contributed by atoms with Crippen LogP contribution in [-0.2, 0) is 0 Å². The van der Waals surface area contributed by atoms with Gasteiger partial charge in [0.1, 0.15) is 11.6 Å². The lowest BCUT2D eigenvalue weighted by atomic mass is 9.82. The van der Waals surface area contributed by atoms with Crippen molar-refractivity contribution in [3.63, 3.8) is 0 Å². The van der Waals surface area contributed by atoms with Gasteiger partial charge in [-0.3, -0.25) is 4.79 Å². The number of piperidine rings is 1. The highest BCUT2D eigenvalue weighted by Gasteiger charge is 2.32. The van der Waals surface area contributed by atoms with Crippen molar-refractivity contribution in [1.82, 2.24) is 4.90 Å². The minimum atomic E-state index is -0.762. The van der Waals surface area contributed by atoms with E-state index < -0.39 is 23.0 Å². The fourth-order valence-corrected chi connectivity index (χ4v) is 2.18. The van der Waals surface area contributed by atoms with Gasteiger partial charge in [0, 0.05) is 24.7 Å². The van der Waals surface area contributed by atoms with Crippen LogP contribution in [0.15, 0.2) is 18.2 Å². The van der Waals surface area contributed by atoms with Crippen molar-refractivity contribution < 1.29 is 13.6 Å². The number of benzene rings is 1. The Kier molecular flexibility index (Phi) is 3.52. The minimum absolute atomic E-state index is 0.0121. The molecule has 1 fully saturated rings. The van der Waals surface area contributed by atoms with E-state index in [0.717, 1.165) is 18.2 Å². The van der Waals surface area contributed by atoms with Crippen molar-refractivity contribution >= 4 is 5.91 Å². The van der Waals surface area contributed by atoms with Crippen molar-refractivity contribution in [2.24, 2.45) is 5.41 Å². The van der Waals surface area contributed by atoms with E-state index in [2.05, 4.69) is 6.07 Å². The van der Waals surface area contributed by atoms with Crippen LogP contribution in [-0.4, -0.2) is 23.9 Å². The van der Waals surface area contributed by atoms with Crippen molar-refractivity contribution in [1.29, 1.82) is 5.26 Å². The highest BCUT2D eigenvalue weighted by Crippen LogP contribution is 2.30. The molecular weight excluding hydrogens is 250 g/mol. The second-order valence-corrected chi connectivity index (χ2v) is 5.12. The van der Waals surface area contributed by atoms with Gasteiger partial charge < -0.3 is 4.90 Å². The summed E-state index contributed by atoms with van der Waals surface area (Å²) in [5.74, 6) is -1.91. The van der Waals surface area contributed by atoms with Crippen molar-refractivity contribution in [2.75, 3.05) is 13.1 Å². The predicted octanol–water partition coefficient (Wildman–Crippen LogP) is 2.73. The molecule has 0 atom stereocenters. The first-order valence-corrected chi connectivity index (χ1v) is 6.10. The van der Waals surface area contributed by atoms with Crippen LogP contribution in [0.2, 0.25) is 0 Å². The number of amides is 1. The molecule has 3 nitrogen and oxygen atoms in total. The van der Waals surface area contributed by atoms with Crippen LogP contribution in [0, 0.1) is 28.4 Å². The zero-order valence-electron chi connectivity index (χ0n) is 10.6. The average molecular weight is 264 g/mol. The molecule has 0 aromatic heterocycles. The number of carbonyl (C=O) groups excluding carboxylic acids is 1. The largest absolute Gasteiger partial charge is 0.339 e. The van der Waals surface area contributed by atoms with E-state index in [1.54, 1.807) is 0 Å². The van der Waals surface area contributed by atoms with E-state index in [9.17, 15) is 13.6 Å². The molecule has 1 amide bonds. The summed E-state index contributed by atoms with van der Waals surface area (Å²) in [6, 6.07) is 5.04. The van der Waals surface area contributed by atoms with Gasteiger partial charge in [0.25, 0.3) is 5.91 Å². The second kappa shape index (κ2) is 4.96. The van der Waals surface area contributed by atoms with E-state index >= 15 is 0 Å². The van der Waals surface area contributed by atoms with Gasteiger partial charge in [0.2, 0.25) is 0 Å². The monoisotopic (exact) mass is 264 g/mol. The molecule has 1 aromatic carbocycles. The van der Waals surface area contributed by atoms with Crippen LogP contribution in [0.4, 0.5) is 8.78 Å². The van der Waals surface area contributed by atoms with Gasteiger partial charge in [-0.15, -0.1) is 0 Å². The van der Waals surface area contributed by atoms with Gasteiger partial charge in [-0.2, -0.15) is 5.26 Å². The Balaban J connectivity index is 2.12. The first-order chi connectivity index (χ1) is 8.93. The van der Waals surface area contributed by atoms with Gasteiger partial charge >= 0.3 is 0 Å². The lowest BCUT2D eigenvalue weighted by Gasteiger charge is -2.34. The van der Waals surface area contributed by atoms with Crippen molar-refractivity contribution in [3.8, 4) is 6.07 Å². The molecule has 0 spiro atoms. The maximum Gasteiger partial charge on any atom is 0.254 e. The quantitative estimate of drug-likeness (QED) is 0.782. The Hall–Kier alpha value is -1.96. The molecule has 0 radical (unpaired) electrons. The van der Waals surface area contributed by atoms with Gasteiger partial charge in [0.05, 0.1) is 11.5 Å². The number of hydrogen-bond acceptors (Lipinski definition) is 2. The molecule has 1 aromatic rings. The van der Waals surface area contributed by atoms with Crippen LogP contribution in [0.3, 0.4) is 0 Å². The van der Waals surface area contributed by atoms with E-state index in [4.69, 9.17) is 5.26 Å². The second-order valence-electron chi connectivity index (χ2n) is 5.12. The van der Waals surface area contributed by atoms with Gasteiger partial charge in [-0.1, -0.05) is 0 Å². The molecular formula is C14H14F2N2O. The van der Waals surface area contributed by atoms with Crippen molar-refractivity contribution in [3.05, 3.63) is 35.4 Å². The topological polar surface area (TPSA) is 44.1 Å². The SMILES string of the molecule is CC1(C#N)CCN(C(=O)c2cc(F)cc(F)c2)CC1. The number of likely N-dealkylation sites (tertiary alicyclic amines) is 1. The molecule has 0 aliphatic carbocycles. The highest BCUT2D eigenvalue weighted by atomic mass is 19.1. The summed E-state index contributed by atoms with van der Waals surface area (Å²) >= 11 is 0.